The van der Waals surface area contributed by atoms with Crippen molar-refractivity contribution in [1.82, 2.24) is 10.6 Å². The molecule has 5 unspecified atom stereocenters. The van der Waals surface area contributed by atoms with E-state index in [0.29, 0.717) is 0 Å². The number of hydrogen-bond acceptors (Lipinski definition) is 4. The molecule has 4 heteroatoms. The normalized spacial score (nSPS) is 44.6. The van der Waals surface area contributed by atoms with Crippen molar-refractivity contribution in [2.75, 3.05) is 26.4 Å². The third-order valence-corrected chi connectivity index (χ3v) is 6.35. The molecular formula is C13H24N2OS. The first-order chi connectivity index (χ1) is 8.40. The Labute approximate surface area is 108 Å². The van der Waals surface area contributed by atoms with Crippen LogP contribution in [-0.4, -0.2) is 37.1 Å². The third-order valence-electron chi connectivity index (χ3n) is 4.65. The summed E-state index contributed by atoms with van der Waals surface area (Å²) in [4.78, 5) is 0. The number of hydrogen-bond donors (Lipinski definition) is 2. The molecular weight excluding hydrogens is 232 g/mol. The summed E-state index contributed by atoms with van der Waals surface area (Å²) in [7, 11) is 0. The SMILES string of the molecule is CCOCCC1CCC2SC3NCNCC3C12. The van der Waals surface area contributed by atoms with Crippen molar-refractivity contribution in [3.05, 3.63) is 0 Å². The highest BCUT2D eigenvalue weighted by Gasteiger charge is 2.50. The fraction of sp³-hybridized carbons (Fsp3) is 1.00. The molecule has 3 rings (SSSR count). The minimum Gasteiger partial charge on any atom is -0.382 e. The number of fused-ring (bicyclic) bond motifs is 3. The molecule has 1 saturated carbocycles. The predicted octanol–water partition coefficient (Wildman–Crippen LogP) is 1.65. The van der Waals surface area contributed by atoms with Gasteiger partial charge < -0.3 is 10.1 Å². The van der Waals surface area contributed by atoms with Crippen LogP contribution in [-0.2, 0) is 4.74 Å². The Kier molecular flexibility index (Phi) is 3.95. The minimum atomic E-state index is 0.723. The smallest absolute Gasteiger partial charge is 0.0588 e. The molecule has 3 aliphatic rings. The minimum absolute atomic E-state index is 0.723. The van der Waals surface area contributed by atoms with Gasteiger partial charge in [0.05, 0.1) is 5.37 Å². The molecule has 2 heterocycles. The van der Waals surface area contributed by atoms with Gasteiger partial charge in [0.1, 0.15) is 0 Å². The van der Waals surface area contributed by atoms with Gasteiger partial charge in [-0.2, -0.15) is 0 Å². The lowest BCUT2D eigenvalue weighted by atomic mass is 9.81. The van der Waals surface area contributed by atoms with Crippen LogP contribution in [0.3, 0.4) is 0 Å². The summed E-state index contributed by atoms with van der Waals surface area (Å²) < 4.78 is 5.54. The summed E-state index contributed by atoms with van der Waals surface area (Å²) in [5.41, 5.74) is 0. The van der Waals surface area contributed by atoms with Gasteiger partial charge in [-0.1, -0.05) is 0 Å². The lowest BCUT2D eigenvalue weighted by molar-refractivity contribution is 0.115. The van der Waals surface area contributed by atoms with Gasteiger partial charge in [0.25, 0.3) is 0 Å². The number of rotatable bonds is 4. The molecule has 2 N–H and O–H groups in total. The van der Waals surface area contributed by atoms with Crippen LogP contribution in [0.1, 0.15) is 26.2 Å². The second-order valence-electron chi connectivity index (χ2n) is 5.49. The van der Waals surface area contributed by atoms with E-state index in [4.69, 9.17) is 4.74 Å². The van der Waals surface area contributed by atoms with Crippen LogP contribution < -0.4 is 10.6 Å². The van der Waals surface area contributed by atoms with Gasteiger partial charge in [0, 0.05) is 37.6 Å². The van der Waals surface area contributed by atoms with Gasteiger partial charge in [-0.05, 0) is 38.0 Å². The molecule has 0 amide bonds. The fourth-order valence-electron chi connectivity index (χ4n) is 3.91. The van der Waals surface area contributed by atoms with Gasteiger partial charge >= 0.3 is 0 Å². The van der Waals surface area contributed by atoms with Crippen LogP contribution in [0.4, 0.5) is 0 Å². The molecule has 1 aliphatic carbocycles. The summed E-state index contributed by atoms with van der Waals surface area (Å²) in [6, 6.07) is 0. The number of thioether (sulfide) groups is 1. The Morgan fingerprint density at radius 3 is 3.18 bits per heavy atom. The van der Waals surface area contributed by atoms with E-state index in [2.05, 4.69) is 29.3 Å². The summed E-state index contributed by atoms with van der Waals surface area (Å²) in [6.07, 6.45) is 4.14. The summed E-state index contributed by atoms with van der Waals surface area (Å²) >= 11 is 2.22. The highest BCUT2D eigenvalue weighted by atomic mass is 32.2. The molecule has 2 aliphatic heterocycles. The van der Waals surface area contributed by atoms with Crippen molar-refractivity contribution in [1.29, 1.82) is 0 Å². The molecule has 2 saturated heterocycles. The first-order valence-electron chi connectivity index (χ1n) is 7.07. The molecule has 98 valence electrons. The molecule has 3 fully saturated rings. The highest BCUT2D eigenvalue weighted by Crippen LogP contribution is 2.54. The first kappa shape index (κ1) is 12.3. The third kappa shape index (κ3) is 2.37. The molecule has 5 atom stereocenters. The molecule has 0 radical (unpaired) electrons. The standard InChI is InChI=1S/C13H24N2OS/c1-2-16-6-5-9-3-4-11-12(9)10-7-14-8-15-13(10)17-11/h9-15H,2-8H2,1H3. The van der Waals surface area contributed by atoms with E-state index >= 15 is 0 Å². The van der Waals surface area contributed by atoms with Crippen molar-refractivity contribution in [3.8, 4) is 0 Å². The molecule has 0 bridgehead atoms. The van der Waals surface area contributed by atoms with Crippen molar-refractivity contribution in [2.24, 2.45) is 17.8 Å². The van der Waals surface area contributed by atoms with Crippen molar-refractivity contribution in [2.45, 2.75) is 36.8 Å². The average molecular weight is 256 g/mol. The van der Waals surface area contributed by atoms with E-state index in [1.165, 1.54) is 25.8 Å². The molecule has 0 aromatic heterocycles. The van der Waals surface area contributed by atoms with Crippen LogP contribution in [0.25, 0.3) is 0 Å². The maximum atomic E-state index is 5.54. The topological polar surface area (TPSA) is 33.3 Å². The summed E-state index contributed by atoms with van der Waals surface area (Å²) in [5.74, 6) is 2.70. The van der Waals surface area contributed by atoms with E-state index in [1.807, 2.05) is 0 Å². The molecule has 0 aromatic carbocycles. The first-order valence-corrected chi connectivity index (χ1v) is 8.01. The molecule has 0 spiro atoms. The second-order valence-corrected chi connectivity index (χ2v) is 6.88. The monoisotopic (exact) mass is 256 g/mol. The summed E-state index contributed by atoms with van der Waals surface area (Å²) in [5, 5.41) is 8.76. The lowest BCUT2D eigenvalue weighted by Gasteiger charge is -2.32. The van der Waals surface area contributed by atoms with Crippen molar-refractivity contribution in [3.63, 3.8) is 0 Å². The quantitative estimate of drug-likeness (QED) is 0.749. The van der Waals surface area contributed by atoms with Crippen LogP contribution in [0.15, 0.2) is 0 Å². The maximum absolute atomic E-state index is 5.54. The van der Waals surface area contributed by atoms with Crippen LogP contribution in [0.2, 0.25) is 0 Å². The van der Waals surface area contributed by atoms with Gasteiger partial charge in [0.2, 0.25) is 0 Å². The van der Waals surface area contributed by atoms with Gasteiger partial charge in [0.15, 0.2) is 0 Å². The Hall–Kier alpha value is 0.230. The predicted molar refractivity (Wildman–Crippen MR) is 72.0 cm³/mol. The zero-order valence-electron chi connectivity index (χ0n) is 10.7. The zero-order valence-corrected chi connectivity index (χ0v) is 11.5. The van der Waals surface area contributed by atoms with E-state index in [9.17, 15) is 0 Å². The molecule has 3 nitrogen and oxygen atoms in total. The Balaban J connectivity index is 1.60. The average Bonchev–Trinajstić information content (AvgIpc) is 2.89. The largest absolute Gasteiger partial charge is 0.382 e. The van der Waals surface area contributed by atoms with Crippen LogP contribution >= 0.6 is 11.8 Å². The molecule has 0 aromatic rings. The van der Waals surface area contributed by atoms with E-state index in [0.717, 1.165) is 48.3 Å². The van der Waals surface area contributed by atoms with Gasteiger partial charge in [-0.15, -0.1) is 11.8 Å². The van der Waals surface area contributed by atoms with Gasteiger partial charge in [-0.3, -0.25) is 5.32 Å². The van der Waals surface area contributed by atoms with E-state index in [1.54, 1.807) is 0 Å². The Morgan fingerprint density at radius 1 is 1.35 bits per heavy atom. The highest BCUT2D eigenvalue weighted by molar-refractivity contribution is 8.00. The second kappa shape index (κ2) is 5.47. The zero-order chi connectivity index (χ0) is 11.7. The maximum Gasteiger partial charge on any atom is 0.0588 e. The van der Waals surface area contributed by atoms with E-state index < -0.39 is 0 Å². The Bertz CT molecular complexity index is 264. The summed E-state index contributed by atoms with van der Waals surface area (Å²) in [6.45, 7) is 6.14. The lowest BCUT2D eigenvalue weighted by Crippen LogP contribution is -2.50. The van der Waals surface area contributed by atoms with E-state index in [-0.39, 0.29) is 0 Å². The van der Waals surface area contributed by atoms with Gasteiger partial charge in [-0.25, -0.2) is 0 Å². The molecule has 17 heavy (non-hydrogen) atoms. The Morgan fingerprint density at radius 2 is 2.29 bits per heavy atom. The number of nitrogens with one attached hydrogen (secondary N) is 2. The van der Waals surface area contributed by atoms with Crippen LogP contribution in [0.5, 0.6) is 0 Å². The fourth-order valence-corrected chi connectivity index (χ4v) is 5.83. The number of ether oxygens (including phenoxy) is 1. The van der Waals surface area contributed by atoms with Crippen molar-refractivity contribution >= 4 is 11.8 Å². The van der Waals surface area contributed by atoms with Crippen molar-refractivity contribution < 1.29 is 4.74 Å². The van der Waals surface area contributed by atoms with Crippen LogP contribution in [0, 0.1) is 17.8 Å².